The van der Waals surface area contributed by atoms with E-state index in [2.05, 4.69) is 15.8 Å². The molecule has 1 heterocycles. The number of hydrogen-bond donors (Lipinski definition) is 2. The number of nitrogens with zero attached hydrogens (tertiary/aromatic N) is 1. The molecular weight excluding hydrogens is 386 g/mol. The second kappa shape index (κ2) is 10.4. The number of benzene rings is 1. The molecule has 0 radical (unpaired) electrons. The molecule has 10 heteroatoms. The number of carbonyl (C=O) groups is 3. The van der Waals surface area contributed by atoms with E-state index in [0.717, 1.165) is 11.8 Å². The first-order valence-electron chi connectivity index (χ1n) is 8.33. The third-order valence-corrected chi connectivity index (χ3v) is 4.30. The van der Waals surface area contributed by atoms with Gasteiger partial charge in [0.05, 0.1) is 24.3 Å². The lowest BCUT2D eigenvalue weighted by molar-refractivity contribution is -0.150. The Bertz CT molecular complexity index is 838. The number of carbonyl (C=O) groups excluding carboxylic acids is 3. The van der Waals surface area contributed by atoms with E-state index in [4.69, 9.17) is 14.0 Å². The molecule has 2 rings (SSSR count). The van der Waals surface area contributed by atoms with Gasteiger partial charge in [0.25, 0.3) is 5.91 Å². The predicted molar refractivity (Wildman–Crippen MR) is 104 cm³/mol. The third-order valence-electron chi connectivity index (χ3n) is 3.39. The minimum absolute atomic E-state index is 0.0306. The Kier molecular flexibility index (Phi) is 7.88. The van der Waals surface area contributed by atoms with Crippen LogP contribution in [-0.4, -0.2) is 47.7 Å². The number of ether oxygens (including phenoxy) is 2. The Hall–Kier alpha value is -3.01. The molecule has 1 unspecified atom stereocenters. The van der Waals surface area contributed by atoms with Gasteiger partial charge in [0.2, 0.25) is 5.91 Å². The Morgan fingerprint density at radius 1 is 1.21 bits per heavy atom. The van der Waals surface area contributed by atoms with Gasteiger partial charge in [-0.05, 0) is 26.0 Å². The molecule has 150 valence electrons. The van der Waals surface area contributed by atoms with Gasteiger partial charge in [-0.1, -0.05) is 17.3 Å². The van der Waals surface area contributed by atoms with Crippen molar-refractivity contribution in [3.63, 3.8) is 0 Å². The van der Waals surface area contributed by atoms with Crippen LogP contribution >= 0.6 is 11.8 Å². The van der Waals surface area contributed by atoms with E-state index in [1.807, 2.05) is 0 Å². The van der Waals surface area contributed by atoms with Crippen LogP contribution in [0.5, 0.6) is 5.75 Å². The van der Waals surface area contributed by atoms with Crippen molar-refractivity contribution in [2.24, 2.45) is 0 Å². The maximum absolute atomic E-state index is 12.2. The zero-order valence-corrected chi connectivity index (χ0v) is 16.5. The first-order chi connectivity index (χ1) is 13.4. The summed E-state index contributed by atoms with van der Waals surface area (Å²) in [5, 5.41) is 8.83. The third kappa shape index (κ3) is 6.62. The first-order valence-corrected chi connectivity index (χ1v) is 9.48. The van der Waals surface area contributed by atoms with Crippen LogP contribution in [0.15, 0.2) is 34.9 Å². The fraction of sp³-hybridized carbons (Fsp3) is 0.333. The molecule has 1 aromatic heterocycles. The van der Waals surface area contributed by atoms with Crippen LogP contribution in [0.1, 0.15) is 12.7 Å². The molecule has 0 saturated carbocycles. The van der Waals surface area contributed by atoms with Crippen LogP contribution in [0.25, 0.3) is 0 Å². The molecular formula is C18H21N3O6S. The quantitative estimate of drug-likeness (QED) is 0.607. The maximum atomic E-state index is 12.2. The molecule has 0 aliphatic rings. The summed E-state index contributed by atoms with van der Waals surface area (Å²) in [6.07, 6.45) is -0.995. The van der Waals surface area contributed by atoms with Crippen molar-refractivity contribution in [1.29, 1.82) is 0 Å². The number of aryl methyl sites for hydroxylation is 1. The van der Waals surface area contributed by atoms with E-state index in [9.17, 15) is 14.4 Å². The minimum atomic E-state index is -0.995. The summed E-state index contributed by atoms with van der Waals surface area (Å²) in [4.78, 5) is 35.8. The summed E-state index contributed by atoms with van der Waals surface area (Å²) in [7, 11) is 1.49. The van der Waals surface area contributed by atoms with Crippen LogP contribution in [-0.2, 0) is 19.1 Å². The van der Waals surface area contributed by atoms with Gasteiger partial charge >= 0.3 is 5.97 Å². The number of anilines is 2. The summed E-state index contributed by atoms with van der Waals surface area (Å²) in [6, 6.07) is 8.48. The smallest absolute Gasteiger partial charge is 0.316 e. The first kappa shape index (κ1) is 21.3. The molecule has 0 saturated heterocycles. The molecule has 2 amide bonds. The molecule has 0 fully saturated rings. The van der Waals surface area contributed by atoms with Crippen molar-refractivity contribution >= 4 is 41.1 Å². The number of amides is 2. The van der Waals surface area contributed by atoms with Crippen LogP contribution in [0.2, 0.25) is 0 Å². The highest BCUT2D eigenvalue weighted by molar-refractivity contribution is 8.00. The summed E-state index contributed by atoms with van der Waals surface area (Å²) in [6.45, 7) is 3.17. The average Bonchev–Trinajstić information content (AvgIpc) is 3.06. The number of aromatic nitrogens is 1. The number of methoxy groups -OCH3 is 1. The molecule has 9 nitrogen and oxygen atoms in total. The summed E-state index contributed by atoms with van der Waals surface area (Å²) >= 11 is 1.06. The Balaban J connectivity index is 1.71. The molecule has 2 aromatic rings. The van der Waals surface area contributed by atoms with E-state index in [-0.39, 0.29) is 17.4 Å². The highest BCUT2D eigenvalue weighted by atomic mass is 32.2. The lowest BCUT2D eigenvalue weighted by atomic mass is 10.2. The molecule has 0 aliphatic heterocycles. The number of esters is 1. The second-order valence-electron chi connectivity index (χ2n) is 5.69. The number of thioether (sulfide) groups is 1. The predicted octanol–water partition coefficient (Wildman–Crippen LogP) is 2.23. The van der Waals surface area contributed by atoms with Gasteiger partial charge < -0.3 is 24.6 Å². The number of para-hydroxylation sites is 2. The fourth-order valence-electron chi connectivity index (χ4n) is 2.10. The van der Waals surface area contributed by atoms with Gasteiger partial charge in [-0.15, -0.1) is 11.8 Å². The van der Waals surface area contributed by atoms with Gasteiger partial charge in [0.1, 0.15) is 11.5 Å². The van der Waals surface area contributed by atoms with E-state index in [1.165, 1.54) is 14.0 Å². The Morgan fingerprint density at radius 2 is 1.96 bits per heavy atom. The largest absolute Gasteiger partial charge is 0.495 e. The van der Waals surface area contributed by atoms with E-state index >= 15 is 0 Å². The number of rotatable bonds is 9. The van der Waals surface area contributed by atoms with Crippen molar-refractivity contribution in [1.82, 2.24) is 5.16 Å². The molecule has 1 atom stereocenters. The van der Waals surface area contributed by atoms with Crippen LogP contribution < -0.4 is 15.4 Å². The van der Waals surface area contributed by atoms with Crippen LogP contribution in [0.3, 0.4) is 0 Å². The van der Waals surface area contributed by atoms with Crippen molar-refractivity contribution in [2.75, 3.05) is 29.2 Å². The lowest BCUT2D eigenvalue weighted by Gasteiger charge is -2.15. The molecule has 0 bridgehead atoms. The average molecular weight is 407 g/mol. The summed E-state index contributed by atoms with van der Waals surface area (Å²) in [5.41, 5.74) is 0.479. The summed E-state index contributed by atoms with van der Waals surface area (Å²) in [5.74, 6) is -0.0642. The molecule has 2 N–H and O–H groups in total. The Labute approximate surface area is 166 Å². The van der Waals surface area contributed by atoms with Gasteiger partial charge in [-0.3, -0.25) is 14.4 Å². The molecule has 1 aromatic carbocycles. The SMILES string of the molecule is COc1ccccc1NC(=O)C(C)OC(=O)CSCC(=O)Nc1cc(C)on1. The standard InChI is InChI=1S/C18H21N3O6S/c1-11-8-15(21-27-11)20-16(22)9-28-10-17(23)26-12(2)18(24)19-13-6-4-5-7-14(13)25-3/h4-8,12H,9-10H2,1-3H3,(H,19,24)(H,20,21,22). The van der Waals surface area contributed by atoms with Gasteiger partial charge in [-0.25, -0.2) is 0 Å². The van der Waals surface area contributed by atoms with Crippen molar-refractivity contribution < 1.29 is 28.4 Å². The number of nitrogens with one attached hydrogen (secondary N) is 2. The highest BCUT2D eigenvalue weighted by Gasteiger charge is 2.19. The highest BCUT2D eigenvalue weighted by Crippen LogP contribution is 2.23. The van der Waals surface area contributed by atoms with Crippen molar-refractivity contribution in [2.45, 2.75) is 20.0 Å². The second-order valence-corrected chi connectivity index (χ2v) is 6.67. The van der Waals surface area contributed by atoms with E-state index < -0.39 is 18.0 Å². The molecule has 28 heavy (non-hydrogen) atoms. The molecule has 0 spiro atoms. The van der Waals surface area contributed by atoms with E-state index in [0.29, 0.717) is 23.0 Å². The zero-order valence-electron chi connectivity index (χ0n) is 15.7. The maximum Gasteiger partial charge on any atom is 0.316 e. The topological polar surface area (TPSA) is 120 Å². The summed E-state index contributed by atoms with van der Waals surface area (Å²) < 4.78 is 15.1. The zero-order chi connectivity index (χ0) is 20.5. The van der Waals surface area contributed by atoms with Crippen LogP contribution in [0, 0.1) is 6.92 Å². The monoisotopic (exact) mass is 407 g/mol. The van der Waals surface area contributed by atoms with Crippen molar-refractivity contribution in [3.8, 4) is 5.75 Å². The lowest BCUT2D eigenvalue weighted by Crippen LogP contribution is -2.30. The number of hydrogen-bond acceptors (Lipinski definition) is 8. The van der Waals surface area contributed by atoms with E-state index in [1.54, 1.807) is 37.3 Å². The fourth-order valence-corrected chi connectivity index (χ4v) is 2.69. The molecule has 0 aliphatic carbocycles. The Morgan fingerprint density at radius 3 is 2.64 bits per heavy atom. The van der Waals surface area contributed by atoms with Gasteiger partial charge in [0.15, 0.2) is 11.9 Å². The minimum Gasteiger partial charge on any atom is -0.495 e. The normalized spacial score (nSPS) is 11.4. The van der Waals surface area contributed by atoms with Crippen LogP contribution in [0.4, 0.5) is 11.5 Å². The van der Waals surface area contributed by atoms with Gasteiger partial charge in [-0.2, -0.15) is 0 Å². The van der Waals surface area contributed by atoms with Gasteiger partial charge in [0, 0.05) is 6.07 Å². The van der Waals surface area contributed by atoms with Crippen molar-refractivity contribution in [3.05, 3.63) is 36.1 Å².